The predicted molar refractivity (Wildman–Crippen MR) is 274 cm³/mol. The molecule has 6 nitrogen and oxygen atoms in total. The standard InChI is InChI=1S/C59H37N5OS/c1-2-16-36-33-49-45(32-35(36)15-1)40-29-28-34-14-3-4-17-37(34)55(40)63(49)48-31-30-44(56-54(48)41-20-7-11-25-50(41)65-56)58-60-57(43-22-13-27-52-53(43)42-21-8-12-26-51(42)66-52)61-59(62-58)64-46-23-9-5-18-38(46)39-19-6-10-24-47(39)64/h1-2,4-11,13,15-25,27-33H,3,12,14,26H2. The van der Waals surface area contributed by atoms with Crippen molar-refractivity contribution in [1.82, 2.24) is 24.1 Å². The van der Waals surface area contributed by atoms with E-state index in [4.69, 9.17) is 19.4 Å². The lowest BCUT2D eigenvalue weighted by atomic mass is 9.94. The predicted octanol–water partition coefficient (Wildman–Crippen LogP) is 15.6. The molecule has 66 heavy (non-hydrogen) atoms. The van der Waals surface area contributed by atoms with Gasteiger partial charge in [0.25, 0.3) is 0 Å². The van der Waals surface area contributed by atoms with E-state index >= 15 is 0 Å². The third kappa shape index (κ3) is 5.09. The molecule has 0 spiro atoms. The van der Waals surface area contributed by atoms with Gasteiger partial charge in [0.05, 0.1) is 38.7 Å². The molecular formula is C59H37N5OS. The highest BCUT2D eigenvalue weighted by Gasteiger charge is 2.27. The van der Waals surface area contributed by atoms with Crippen LogP contribution in [0.15, 0.2) is 168 Å². The van der Waals surface area contributed by atoms with Crippen LogP contribution in [-0.4, -0.2) is 24.1 Å². The first kappa shape index (κ1) is 36.2. The molecule has 0 N–H and O–H groups in total. The molecule has 0 bridgehead atoms. The normalized spacial score (nSPS) is 13.7. The minimum atomic E-state index is 0.553. The summed E-state index contributed by atoms with van der Waals surface area (Å²) in [5.41, 5.74) is 12.8. The van der Waals surface area contributed by atoms with Gasteiger partial charge in [-0.1, -0.05) is 127 Å². The molecule has 0 aliphatic heterocycles. The Morgan fingerprint density at radius 1 is 0.500 bits per heavy atom. The first-order valence-corrected chi connectivity index (χ1v) is 23.6. The Morgan fingerprint density at radius 3 is 2.05 bits per heavy atom. The Balaban J connectivity index is 1.06. The van der Waals surface area contributed by atoms with Crippen molar-refractivity contribution in [2.24, 2.45) is 0 Å². The van der Waals surface area contributed by atoms with E-state index in [1.807, 2.05) is 11.3 Å². The number of aryl methyl sites for hydroxylation is 2. The van der Waals surface area contributed by atoms with E-state index in [2.05, 4.69) is 185 Å². The van der Waals surface area contributed by atoms with Gasteiger partial charge in [-0.2, -0.15) is 9.97 Å². The zero-order valence-corrected chi connectivity index (χ0v) is 36.4. The van der Waals surface area contributed by atoms with Gasteiger partial charge >= 0.3 is 0 Å². The Morgan fingerprint density at radius 2 is 1.21 bits per heavy atom. The molecule has 0 amide bonds. The summed E-state index contributed by atoms with van der Waals surface area (Å²) < 4.78 is 13.0. The van der Waals surface area contributed by atoms with Crippen LogP contribution in [0.2, 0.25) is 0 Å². The maximum Gasteiger partial charge on any atom is 0.238 e. The third-order valence-electron chi connectivity index (χ3n) is 14.1. The number of nitrogens with zero attached hydrogens (tertiary/aromatic N) is 5. The molecular weight excluding hydrogens is 827 g/mol. The highest BCUT2D eigenvalue weighted by Crippen LogP contribution is 2.46. The monoisotopic (exact) mass is 863 g/mol. The quantitative estimate of drug-likeness (QED) is 0.177. The number of hydrogen-bond acceptors (Lipinski definition) is 5. The summed E-state index contributed by atoms with van der Waals surface area (Å²) in [5, 5.41) is 10.5. The van der Waals surface area contributed by atoms with Crippen molar-refractivity contribution in [3.63, 3.8) is 0 Å². The number of thiophene rings is 1. The molecule has 0 radical (unpaired) electrons. The number of aromatic nitrogens is 5. The Bertz CT molecular complexity index is 4260. The number of para-hydroxylation sites is 3. The number of benzene rings is 8. The molecule has 5 aromatic heterocycles. The summed E-state index contributed by atoms with van der Waals surface area (Å²) in [4.78, 5) is 17.8. The van der Waals surface area contributed by atoms with Crippen molar-refractivity contribution in [2.75, 3.05) is 0 Å². The number of fused-ring (bicyclic) bond motifs is 15. The molecule has 5 heterocycles. The second-order valence-corrected chi connectivity index (χ2v) is 18.8. The van der Waals surface area contributed by atoms with Crippen molar-refractivity contribution in [2.45, 2.75) is 25.7 Å². The molecule has 0 saturated carbocycles. The summed E-state index contributed by atoms with van der Waals surface area (Å²) in [6, 6.07) is 54.6. The molecule has 0 atom stereocenters. The van der Waals surface area contributed by atoms with E-state index in [-0.39, 0.29) is 0 Å². The van der Waals surface area contributed by atoms with Crippen LogP contribution in [0.3, 0.4) is 0 Å². The van der Waals surface area contributed by atoms with Crippen molar-refractivity contribution in [3.05, 3.63) is 185 Å². The maximum atomic E-state index is 7.09. The van der Waals surface area contributed by atoms with Crippen LogP contribution < -0.4 is 0 Å². The van der Waals surface area contributed by atoms with E-state index in [1.165, 1.54) is 58.7 Å². The minimum absolute atomic E-state index is 0.553. The zero-order chi connectivity index (χ0) is 43.0. The molecule has 15 rings (SSSR count). The highest BCUT2D eigenvalue weighted by molar-refractivity contribution is 7.19. The van der Waals surface area contributed by atoms with Gasteiger partial charge in [-0.25, -0.2) is 4.98 Å². The Labute approximate surface area is 382 Å². The number of hydrogen-bond donors (Lipinski definition) is 0. The Hall–Kier alpha value is -8.13. The van der Waals surface area contributed by atoms with Crippen LogP contribution in [0.1, 0.15) is 34.4 Å². The largest absolute Gasteiger partial charge is 0.455 e. The van der Waals surface area contributed by atoms with E-state index in [0.717, 1.165) is 91.8 Å². The molecule has 7 heteroatoms. The van der Waals surface area contributed by atoms with Gasteiger partial charge < -0.3 is 8.98 Å². The smallest absolute Gasteiger partial charge is 0.238 e. The second-order valence-electron chi connectivity index (χ2n) is 17.7. The summed E-state index contributed by atoms with van der Waals surface area (Å²) in [6.45, 7) is 0. The summed E-state index contributed by atoms with van der Waals surface area (Å²) in [6.07, 6.45) is 13.4. The van der Waals surface area contributed by atoms with Crippen molar-refractivity contribution < 1.29 is 4.42 Å². The van der Waals surface area contributed by atoms with Gasteiger partial charge in [0.15, 0.2) is 11.6 Å². The van der Waals surface area contributed by atoms with Crippen LogP contribution in [0, 0.1) is 0 Å². The van der Waals surface area contributed by atoms with Crippen LogP contribution in [0.25, 0.3) is 133 Å². The van der Waals surface area contributed by atoms with Gasteiger partial charge in [-0.15, -0.1) is 11.3 Å². The fraction of sp³-hybridized carbons (Fsp3) is 0.0678. The van der Waals surface area contributed by atoms with Crippen LogP contribution >= 0.6 is 11.3 Å². The lowest BCUT2D eigenvalue weighted by Gasteiger charge is -2.17. The molecule has 310 valence electrons. The average molecular weight is 864 g/mol. The van der Waals surface area contributed by atoms with E-state index in [1.54, 1.807) is 0 Å². The Kier molecular flexibility index (Phi) is 7.52. The van der Waals surface area contributed by atoms with Gasteiger partial charge in [0, 0.05) is 53.0 Å². The lowest BCUT2D eigenvalue weighted by molar-refractivity contribution is 0.669. The fourth-order valence-electron chi connectivity index (χ4n) is 11.2. The minimum Gasteiger partial charge on any atom is -0.455 e. The van der Waals surface area contributed by atoms with E-state index in [0.29, 0.717) is 17.6 Å². The van der Waals surface area contributed by atoms with Crippen molar-refractivity contribution >= 4 is 110 Å². The summed E-state index contributed by atoms with van der Waals surface area (Å²) >= 11 is 1.88. The number of allylic oxidation sites excluding steroid dienone is 2. The SMILES string of the molecule is C1=Cc2c(ccc3c4cc5ccccc5cc4n(-c4ccc(-c5nc(-c6cccc7sc8c(c67)C=CCC8)nc(-n6c7ccccc7c7ccccc76)n5)c5oc6ccccc6c45)c23)CC1. The van der Waals surface area contributed by atoms with Gasteiger partial charge in [-0.3, -0.25) is 4.57 Å². The topological polar surface area (TPSA) is 61.7 Å². The summed E-state index contributed by atoms with van der Waals surface area (Å²) in [5.74, 6) is 1.74. The number of furan rings is 1. The van der Waals surface area contributed by atoms with Crippen molar-refractivity contribution in [3.8, 4) is 34.4 Å². The van der Waals surface area contributed by atoms with Crippen LogP contribution in [0.4, 0.5) is 0 Å². The maximum absolute atomic E-state index is 7.09. The van der Waals surface area contributed by atoms with Gasteiger partial charge in [-0.05, 0) is 96.1 Å². The molecule has 0 saturated heterocycles. The van der Waals surface area contributed by atoms with Crippen molar-refractivity contribution in [1.29, 1.82) is 0 Å². The van der Waals surface area contributed by atoms with Crippen LogP contribution in [0.5, 0.6) is 0 Å². The molecule has 13 aromatic rings. The zero-order valence-electron chi connectivity index (χ0n) is 35.6. The second kappa shape index (κ2) is 13.7. The molecule has 0 unspecified atom stereocenters. The molecule has 0 fully saturated rings. The first-order chi connectivity index (χ1) is 32.7. The summed E-state index contributed by atoms with van der Waals surface area (Å²) in [7, 11) is 0. The first-order valence-electron chi connectivity index (χ1n) is 22.8. The fourth-order valence-corrected chi connectivity index (χ4v) is 12.4. The molecule has 2 aliphatic rings. The molecule has 8 aromatic carbocycles. The molecule has 2 aliphatic carbocycles. The van der Waals surface area contributed by atoms with Gasteiger partial charge in [0.2, 0.25) is 5.95 Å². The lowest BCUT2D eigenvalue weighted by Crippen LogP contribution is -2.07. The van der Waals surface area contributed by atoms with Gasteiger partial charge in [0.1, 0.15) is 11.2 Å². The van der Waals surface area contributed by atoms with E-state index < -0.39 is 0 Å². The third-order valence-corrected chi connectivity index (χ3v) is 15.3. The average Bonchev–Trinajstić information content (AvgIpc) is 4.13. The van der Waals surface area contributed by atoms with Crippen LogP contribution in [-0.2, 0) is 12.8 Å². The number of rotatable bonds is 4. The van der Waals surface area contributed by atoms with E-state index in [9.17, 15) is 0 Å². The highest BCUT2D eigenvalue weighted by atomic mass is 32.1.